The van der Waals surface area contributed by atoms with Crippen molar-refractivity contribution in [2.75, 3.05) is 20.2 Å². The zero-order valence-corrected chi connectivity index (χ0v) is 12.8. The van der Waals surface area contributed by atoms with E-state index >= 15 is 0 Å². The highest BCUT2D eigenvalue weighted by Crippen LogP contribution is 2.18. The number of halogens is 1. The molecule has 21 heavy (non-hydrogen) atoms. The third-order valence-electron chi connectivity index (χ3n) is 3.32. The van der Waals surface area contributed by atoms with Gasteiger partial charge in [0.25, 0.3) is 0 Å². The first-order valence-electron chi connectivity index (χ1n) is 6.96. The SMILES string of the molecule is COc1cccc(C(O)CNCCc2ccc(Cl)cc2)c1. The Bertz CT molecular complexity index is 557. The molecule has 4 heteroatoms. The van der Waals surface area contributed by atoms with E-state index in [1.54, 1.807) is 7.11 Å². The van der Waals surface area contributed by atoms with Crippen LogP contribution in [0.1, 0.15) is 17.2 Å². The van der Waals surface area contributed by atoms with Gasteiger partial charge in [-0.15, -0.1) is 0 Å². The summed E-state index contributed by atoms with van der Waals surface area (Å²) >= 11 is 5.85. The van der Waals surface area contributed by atoms with E-state index < -0.39 is 6.10 Å². The third-order valence-corrected chi connectivity index (χ3v) is 3.57. The molecule has 0 radical (unpaired) electrons. The maximum absolute atomic E-state index is 10.1. The molecule has 112 valence electrons. The van der Waals surface area contributed by atoms with E-state index in [4.69, 9.17) is 16.3 Å². The molecule has 0 bridgehead atoms. The van der Waals surface area contributed by atoms with E-state index in [2.05, 4.69) is 5.32 Å². The normalized spacial score (nSPS) is 12.1. The first-order chi connectivity index (χ1) is 10.2. The summed E-state index contributed by atoms with van der Waals surface area (Å²) in [5.74, 6) is 0.757. The minimum absolute atomic E-state index is 0.515. The average molecular weight is 306 g/mol. The summed E-state index contributed by atoms with van der Waals surface area (Å²) in [4.78, 5) is 0. The van der Waals surface area contributed by atoms with E-state index in [9.17, 15) is 5.11 Å². The maximum atomic E-state index is 10.1. The van der Waals surface area contributed by atoms with Gasteiger partial charge in [0.05, 0.1) is 13.2 Å². The van der Waals surface area contributed by atoms with Gasteiger partial charge in [0.1, 0.15) is 5.75 Å². The second-order valence-electron chi connectivity index (χ2n) is 4.87. The van der Waals surface area contributed by atoms with Crippen LogP contribution < -0.4 is 10.1 Å². The van der Waals surface area contributed by atoms with Crippen molar-refractivity contribution in [1.82, 2.24) is 5.32 Å². The van der Waals surface area contributed by atoms with Gasteiger partial charge in [-0.05, 0) is 48.4 Å². The highest BCUT2D eigenvalue weighted by Gasteiger charge is 2.07. The van der Waals surface area contributed by atoms with Crippen molar-refractivity contribution in [3.63, 3.8) is 0 Å². The van der Waals surface area contributed by atoms with Crippen LogP contribution in [0.4, 0.5) is 0 Å². The molecular weight excluding hydrogens is 286 g/mol. The maximum Gasteiger partial charge on any atom is 0.119 e. The molecule has 2 N–H and O–H groups in total. The van der Waals surface area contributed by atoms with Crippen LogP contribution in [0.3, 0.4) is 0 Å². The fourth-order valence-corrected chi connectivity index (χ4v) is 2.22. The van der Waals surface area contributed by atoms with Gasteiger partial charge >= 0.3 is 0 Å². The predicted octanol–water partition coefficient (Wildman–Crippen LogP) is 3.21. The summed E-state index contributed by atoms with van der Waals surface area (Å²) in [7, 11) is 1.62. The number of rotatable bonds is 7. The van der Waals surface area contributed by atoms with Gasteiger partial charge in [0.15, 0.2) is 0 Å². The summed E-state index contributed by atoms with van der Waals surface area (Å²) in [6.07, 6.45) is 0.368. The van der Waals surface area contributed by atoms with Crippen molar-refractivity contribution >= 4 is 11.6 Å². The van der Waals surface area contributed by atoms with E-state index in [0.29, 0.717) is 6.54 Å². The standard InChI is InChI=1S/C17H20ClNO2/c1-21-16-4-2-3-14(11-16)17(20)12-19-10-9-13-5-7-15(18)8-6-13/h2-8,11,17,19-20H,9-10,12H2,1H3. The average Bonchev–Trinajstić information content (AvgIpc) is 2.53. The predicted molar refractivity (Wildman–Crippen MR) is 86.0 cm³/mol. The number of hydrogen-bond donors (Lipinski definition) is 2. The molecule has 1 atom stereocenters. The molecule has 2 aromatic carbocycles. The second-order valence-corrected chi connectivity index (χ2v) is 5.31. The lowest BCUT2D eigenvalue weighted by Crippen LogP contribution is -2.23. The molecule has 0 aromatic heterocycles. The first kappa shape index (κ1) is 15.8. The Kier molecular flexibility index (Phi) is 6.05. The molecule has 0 saturated heterocycles. The van der Waals surface area contributed by atoms with Gasteiger partial charge in [-0.1, -0.05) is 35.9 Å². The smallest absolute Gasteiger partial charge is 0.119 e. The molecule has 0 spiro atoms. The third kappa shape index (κ3) is 5.05. The van der Waals surface area contributed by atoms with Crippen LogP contribution in [0.15, 0.2) is 48.5 Å². The molecule has 0 saturated carbocycles. The van der Waals surface area contributed by atoms with E-state index in [0.717, 1.165) is 29.3 Å². The number of benzene rings is 2. The van der Waals surface area contributed by atoms with Crippen molar-refractivity contribution in [3.05, 3.63) is 64.7 Å². The Balaban J connectivity index is 1.76. The largest absolute Gasteiger partial charge is 0.497 e. The summed E-state index contributed by atoms with van der Waals surface area (Å²) in [6, 6.07) is 15.3. The van der Waals surface area contributed by atoms with Gasteiger partial charge in [0.2, 0.25) is 0 Å². The Labute approximate surface area is 130 Å². The van der Waals surface area contributed by atoms with Crippen LogP contribution >= 0.6 is 11.6 Å². The molecule has 0 aliphatic carbocycles. The van der Waals surface area contributed by atoms with Crippen LogP contribution in [-0.2, 0) is 6.42 Å². The number of aliphatic hydroxyl groups is 1. The Hall–Kier alpha value is -1.55. The number of methoxy groups -OCH3 is 1. The topological polar surface area (TPSA) is 41.5 Å². The van der Waals surface area contributed by atoms with Gasteiger partial charge < -0.3 is 15.2 Å². The number of aliphatic hydroxyl groups excluding tert-OH is 1. The minimum Gasteiger partial charge on any atom is -0.497 e. The summed E-state index contributed by atoms with van der Waals surface area (Å²) in [6.45, 7) is 1.32. The van der Waals surface area contributed by atoms with Crippen LogP contribution in [0.25, 0.3) is 0 Å². The van der Waals surface area contributed by atoms with Gasteiger partial charge in [-0.3, -0.25) is 0 Å². The molecule has 1 unspecified atom stereocenters. The molecule has 0 aliphatic rings. The zero-order chi connectivity index (χ0) is 15.1. The summed E-state index contributed by atoms with van der Waals surface area (Å²) < 4.78 is 5.16. The number of nitrogens with one attached hydrogen (secondary N) is 1. The number of hydrogen-bond acceptors (Lipinski definition) is 3. The molecule has 0 heterocycles. The lowest BCUT2D eigenvalue weighted by atomic mass is 10.1. The molecular formula is C17H20ClNO2. The van der Waals surface area contributed by atoms with E-state index in [-0.39, 0.29) is 0 Å². The van der Waals surface area contributed by atoms with Crippen molar-refractivity contribution < 1.29 is 9.84 Å². The Morgan fingerprint density at radius 3 is 2.67 bits per heavy atom. The monoisotopic (exact) mass is 305 g/mol. The molecule has 0 amide bonds. The fraction of sp³-hybridized carbons (Fsp3) is 0.294. The first-order valence-corrected chi connectivity index (χ1v) is 7.34. The second kappa shape index (κ2) is 8.03. The molecule has 2 aromatic rings. The summed E-state index contributed by atoms with van der Waals surface area (Å²) in [5, 5.41) is 14.1. The zero-order valence-electron chi connectivity index (χ0n) is 12.1. The van der Waals surface area contributed by atoms with Crippen molar-refractivity contribution in [2.24, 2.45) is 0 Å². The van der Waals surface area contributed by atoms with E-state index in [1.165, 1.54) is 5.56 Å². The highest BCUT2D eigenvalue weighted by molar-refractivity contribution is 6.30. The van der Waals surface area contributed by atoms with Gasteiger partial charge in [-0.25, -0.2) is 0 Å². The fourth-order valence-electron chi connectivity index (χ4n) is 2.09. The molecule has 3 nitrogen and oxygen atoms in total. The lowest BCUT2D eigenvalue weighted by Gasteiger charge is -2.13. The van der Waals surface area contributed by atoms with Crippen molar-refractivity contribution in [3.8, 4) is 5.75 Å². The number of ether oxygens (including phenoxy) is 1. The highest BCUT2D eigenvalue weighted by atomic mass is 35.5. The molecule has 0 fully saturated rings. The lowest BCUT2D eigenvalue weighted by molar-refractivity contribution is 0.174. The van der Waals surface area contributed by atoms with E-state index in [1.807, 2.05) is 48.5 Å². The molecule has 0 aliphatic heterocycles. The van der Waals surface area contributed by atoms with Crippen LogP contribution in [0, 0.1) is 0 Å². The minimum atomic E-state index is -0.537. The van der Waals surface area contributed by atoms with Crippen molar-refractivity contribution in [1.29, 1.82) is 0 Å². The van der Waals surface area contributed by atoms with Crippen LogP contribution in [0.2, 0.25) is 5.02 Å². The molecule has 2 rings (SSSR count). The summed E-state index contributed by atoms with van der Waals surface area (Å²) in [5.41, 5.74) is 2.08. The van der Waals surface area contributed by atoms with Crippen LogP contribution in [-0.4, -0.2) is 25.3 Å². The Morgan fingerprint density at radius 2 is 1.95 bits per heavy atom. The van der Waals surface area contributed by atoms with Crippen molar-refractivity contribution in [2.45, 2.75) is 12.5 Å². The van der Waals surface area contributed by atoms with Crippen LogP contribution in [0.5, 0.6) is 5.75 Å². The van der Waals surface area contributed by atoms with Gasteiger partial charge in [-0.2, -0.15) is 0 Å². The quantitative estimate of drug-likeness (QED) is 0.772. The Morgan fingerprint density at radius 1 is 1.19 bits per heavy atom. The van der Waals surface area contributed by atoms with Gasteiger partial charge in [0, 0.05) is 11.6 Å².